The molecule has 0 radical (unpaired) electrons. The third kappa shape index (κ3) is 8.89. The van der Waals surface area contributed by atoms with Crippen LogP contribution in [0.3, 0.4) is 0 Å². The van der Waals surface area contributed by atoms with Crippen LogP contribution in [0.1, 0.15) is 57.7 Å². The van der Waals surface area contributed by atoms with Gasteiger partial charge in [-0.05, 0) is 6.42 Å². The minimum absolute atomic E-state index is 0.295. The fraction of sp³-hybridized carbons (Fsp3) is 0.303. The molecule has 0 spiro atoms. The van der Waals surface area contributed by atoms with Crippen LogP contribution in [0.5, 0.6) is 0 Å². The van der Waals surface area contributed by atoms with Crippen LogP contribution in [-0.2, 0) is 36.8 Å². The van der Waals surface area contributed by atoms with Gasteiger partial charge in [-0.2, -0.15) is 85.0 Å². The van der Waals surface area contributed by atoms with Crippen LogP contribution in [0, 0.1) is 29.5 Å². The molecule has 5 rings (SSSR count). The second-order valence-electron chi connectivity index (χ2n) is 9.78. The zero-order chi connectivity index (χ0) is 27.6. The molecule has 4 heteroatoms. The minimum atomic E-state index is -4.23. The predicted molar refractivity (Wildman–Crippen MR) is 145 cm³/mol. The van der Waals surface area contributed by atoms with Gasteiger partial charge in [-0.15, -0.1) is 5.56 Å². The van der Waals surface area contributed by atoms with Crippen molar-refractivity contribution in [2.24, 2.45) is 11.3 Å². The fourth-order valence-electron chi connectivity index (χ4n) is 4.31. The molecule has 3 aromatic carbocycles. The third-order valence-corrected chi connectivity index (χ3v) is 5.97. The number of allylic oxidation sites excluding steroid dienone is 4. The summed E-state index contributed by atoms with van der Waals surface area (Å²) in [7, 11) is 0. The molecule has 1 atom stereocenters. The number of hydrogen-bond acceptors (Lipinski definition) is 0. The molecule has 0 saturated carbocycles. The van der Waals surface area contributed by atoms with Crippen molar-refractivity contribution in [3.05, 3.63) is 119 Å². The smallest absolute Gasteiger partial charge is 0.0253 e. The van der Waals surface area contributed by atoms with Gasteiger partial charge in [0.1, 0.15) is 0 Å². The van der Waals surface area contributed by atoms with Crippen LogP contribution in [0.25, 0.3) is 11.1 Å². The third-order valence-electron chi connectivity index (χ3n) is 5.97. The Morgan fingerprint density at radius 1 is 0.919 bits per heavy atom. The molecule has 2 aliphatic rings. The van der Waals surface area contributed by atoms with Crippen molar-refractivity contribution in [1.29, 1.82) is 0 Å². The number of hydrogen-bond donors (Lipinski definition) is 0. The SMILES string of the molecule is CCC1=[C-]C(C)C=C1C(C)(C)C.FC(F)(F)c1cc[c-]cc1.[CH2]=[Zr].[c-]1cccc2c1Cc1ccccc1-2. The van der Waals surface area contributed by atoms with Gasteiger partial charge in [0.25, 0.3) is 0 Å². The molecule has 3 aromatic rings. The fourth-order valence-corrected chi connectivity index (χ4v) is 4.31. The van der Waals surface area contributed by atoms with Crippen LogP contribution in [0.2, 0.25) is 0 Å². The van der Waals surface area contributed by atoms with Gasteiger partial charge in [-0.1, -0.05) is 93.3 Å². The van der Waals surface area contributed by atoms with Crippen molar-refractivity contribution in [3.63, 3.8) is 0 Å². The molecule has 0 saturated heterocycles. The maximum Gasteiger partial charge on any atom is -0.0253 e. The van der Waals surface area contributed by atoms with E-state index in [4.69, 9.17) is 0 Å². The first-order valence-corrected chi connectivity index (χ1v) is 14.1. The molecular weight excluding hydrogens is 545 g/mol. The van der Waals surface area contributed by atoms with E-state index in [2.05, 4.69) is 99.5 Å². The Balaban J connectivity index is 0.000000190. The first-order valence-electron chi connectivity index (χ1n) is 12.3. The summed E-state index contributed by atoms with van der Waals surface area (Å²) in [5.74, 6) is 0.522. The van der Waals surface area contributed by atoms with Gasteiger partial charge in [0, 0.05) is 0 Å². The Hall–Kier alpha value is -2.32. The molecule has 0 amide bonds. The quantitative estimate of drug-likeness (QED) is 0.198. The summed E-state index contributed by atoms with van der Waals surface area (Å²) in [6, 6.07) is 25.1. The maximum atomic E-state index is 11.8. The van der Waals surface area contributed by atoms with E-state index in [1.165, 1.54) is 69.8 Å². The van der Waals surface area contributed by atoms with Crippen LogP contribution in [0.4, 0.5) is 13.2 Å². The van der Waals surface area contributed by atoms with Crippen molar-refractivity contribution in [3.8, 4) is 11.1 Å². The summed E-state index contributed by atoms with van der Waals surface area (Å²) < 4.78 is 38.7. The van der Waals surface area contributed by atoms with Gasteiger partial charge < -0.3 is 0 Å². The van der Waals surface area contributed by atoms with Crippen molar-refractivity contribution in [2.75, 3.05) is 0 Å². The predicted octanol–water partition coefficient (Wildman–Crippen LogP) is 9.28. The first-order chi connectivity index (χ1) is 17.5. The van der Waals surface area contributed by atoms with E-state index in [1.807, 2.05) is 6.07 Å². The molecule has 0 aromatic heterocycles. The molecular formula is C33H34F3Zr-3. The molecule has 0 bridgehead atoms. The second-order valence-corrected chi connectivity index (χ2v) is 9.78. The molecule has 2 aliphatic carbocycles. The van der Waals surface area contributed by atoms with E-state index in [0.717, 1.165) is 25.0 Å². The number of fused-ring (bicyclic) bond motifs is 3. The van der Waals surface area contributed by atoms with Crippen molar-refractivity contribution >= 4 is 4.21 Å². The summed E-state index contributed by atoms with van der Waals surface area (Å²) in [5, 5.41) is 0. The molecule has 0 aliphatic heterocycles. The summed E-state index contributed by atoms with van der Waals surface area (Å²) in [4.78, 5) is 0. The summed E-state index contributed by atoms with van der Waals surface area (Å²) in [6.07, 6.45) is 3.77. The Bertz CT molecular complexity index is 1150. The molecule has 0 nitrogen and oxygen atoms in total. The van der Waals surface area contributed by atoms with Gasteiger partial charge in [-0.25, -0.2) is 5.57 Å². The normalized spacial score (nSPS) is 15.3. The zero-order valence-corrected chi connectivity index (χ0v) is 24.7. The maximum absolute atomic E-state index is 11.8. The summed E-state index contributed by atoms with van der Waals surface area (Å²) in [6.45, 7) is 11.2. The van der Waals surface area contributed by atoms with Crippen LogP contribution < -0.4 is 0 Å². The molecule has 194 valence electrons. The molecule has 0 heterocycles. The zero-order valence-electron chi connectivity index (χ0n) is 22.3. The minimum Gasteiger partial charge on any atom is -0.179 e. The van der Waals surface area contributed by atoms with Crippen molar-refractivity contribution < 1.29 is 37.4 Å². The van der Waals surface area contributed by atoms with Gasteiger partial charge in [0.05, 0.1) is 0 Å². The summed E-state index contributed by atoms with van der Waals surface area (Å²) in [5.41, 5.74) is 8.10. The van der Waals surface area contributed by atoms with Crippen LogP contribution in [0.15, 0.2) is 84.0 Å². The van der Waals surface area contributed by atoms with Crippen molar-refractivity contribution in [2.45, 2.75) is 53.6 Å². The summed E-state index contributed by atoms with van der Waals surface area (Å²) >= 11 is 1.30. The Morgan fingerprint density at radius 3 is 2.08 bits per heavy atom. The molecule has 37 heavy (non-hydrogen) atoms. The van der Waals surface area contributed by atoms with E-state index in [-0.39, 0.29) is 0 Å². The Labute approximate surface area is 235 Å². The van der Waals surface area contributed by atoms with Gasteiger partial charge in [0.15, 0.2) is 0 Å². The number of alkyl halides is 3. The Morgan fingerprint density at radius 2 is 1.54 bits per heavy atom. The van der Waals surface area contributed by atoms with Crippen LogP contribution >= 0.6 is 0 Å². The topological polar surface area (TPSA) is 0 Å². The largest absolute Gasteiger partial charge is 0.179 e. The van der Waals surface area contributed by atoms with E-state index < -0.39 is 11.7 Å². The van der Waals surface area contributed by atoms with E-state index in [1.54, 1.807) is 0 Å². The van der Waals surface area contributed by atoms with Gasteiger partial charge >= 0.3 is 34.6 Å². The second kappa shape index (κ2) is 14.0. The standard InChI is InChI=1S/C13H9.C12H19.C7H4F3.CH2.Zr/c1-3-7-12-10(5-1)9-11-6-2-4-8-13(11)12;1-6-10-7-9(2)8-11(10)12(3,4)5;8-7(9,10)6-4-2-1-3-5-6;;/h1-5,7-8H,9H2;8-9H,6H2,1-5H3;2-5H;1H2;/q3*-1;;. The van der Waals surface area contributed by atoms with Crippen molar-refractivity contribution in [1.82, 2.24) is 0 Å². The van der Waals surface area contributed by atoms with Gasteiger partial charge in [0.2, 0.25) is 0 Å². The number of benzene rings is 3. The average molecular weight is 579 g/mol. The van der Waals surface area contributed by atoms with E-state index >= 15 is 0 Å². The van der Waals surface area contributed by atoms with E-state index in [9.17, 15) is 13.2 Å². The Kier molecular flexibility index (Phi) is 11.7. The monoisotopic (exact) mass is 577 g/mol. The van der Waals surface area contributed by atoms with Crippen LogP contribution in [-0.4, -0.2) is 4.21 Å². The van der Waals surface area contributed by atoms with E-state index in [0.29, 0.717) is 11.3 Å². The first kappa shape index (κ1) is 30.9. The molecule has 1 unspecified atom stereocenters. The number of halogens is 3. The van der Waals surface area contributed by atoms with Gasteiger partial charge in [-0.3, -0.25) is 6.08 Å². The number of rotatable bonds is 1. The average Bonchev–Trinajstić information content (AvgIpc) is 3.46. The molecule has 0 fully saturated rings. The molecule has 0 N–H and O–H groups in total.